The molecule has 0 bridgehead atoms. The van der Waals surface area contributed by atoms with E-state index < -0.39 is 23.7 Å². The number of carbonyl (C=O) groups excluding carboxylic acids is 2. The van der Waals surface area contributed by atoms with Crippen LogP contribution in [-0.4, -0.2) is 30.3 Å². The fraction of sp³-hybridized carbons (Fsp3) is 0.588. The highest BCUT2D eigenvalue weighted by Crippen LogP contribution is 2.41. The van der Waals surface area contributed by atoms with Crippen LogP contribution in [0.3, 0.4) is 0 Å². The van der Waals surface area contributed by atoms with E-state index >= 15 is 0 Å². The molecule has 1 atom stereocenters. The highest BCUT2D eigenvalue weighted by Gasteiger charge is 2.64. The average Bonchev–Trinajstić information content (AvgIpc) is 2.96. The second-order valence-corrected chi connectivity index (χ2v) is 7.13. The quantitative estimate of drug-likeness (QED) is 0.562. The first kappa shape index (κ1) is 21.0. The summed E-state index contributed by atoms with van der Waals surface area (Å²) in [5.41, 5.74) is -2.67. The number of halogens is 3. The standard InChI is InChI=1S/C17H20F3N3O3S/c1-3-13(24)22-16(17(18,19)20,15(25)26-4-2)23-14-11(9-21)10-7-5-6-8-12(10)27-14/h23H,3-8H2,1-2H3,(H,22,24). The normalized spacial score (nSPS) is 15.9. The third-order valence-corrected chi connectivity index (χ3v) is 5.45. The van der Waals surface area contributed by atoms with Gasteiger partial charge < -0.3 is 15.4 Å². The van der Waals surface area contributed by atoms with E-state index in [0.717, 1.165) is 29.1 Å². The Hall–Kier alpha value is -2.28. The van der Waals surface area contributed by atoms with Gasteiger partial charge in [0.2, 0.25) is 5.91 Å². The minimum Gasteiger partial charge on any atom is -0.463 e. The van der Waals surface area contributed by atoms with Crippen LogP contribution in [0.5, 0.6) is 0 Å². The van der Waals surface area contributed by atoms with Gasteiger partial charge in [-0.1, -0.05) is 6.92 Å². The molecule has 1 aromatic heterocycles. The van der Waals surface area contributed by atoms with Crippen LogP contribution in [0.1, 0.15) is 49.1 Å². The Balaban J connectivity index is 2.57. The maximum Gasteiger partial charge on any atom is 0.441 e. The molecule has 27 heavy (non-hydrogen) atoms. The van der Waals surface area contributed by atoms with E-state index in [1.165, 1.54) is 13.8 Å². The zero-order valence-electron chi connectivity index (χ0n) is 15.0. The highest BCUT2D eigenvalue weighted by atomic mass is 32.1. The summed E-state index contributed by atoms with van der Waals surface area (Å²) in [5.74, 6) is -2.65. The summed E-state index contributed by atoms with van der Waals surface area (Å²) >= 11 is 1.01. The van der Waals surface area contributed by atoms with E-state index in [-0.39, 0.29) is 23.6 Å². The van der Waals surface area contributed by atoms with E-state index in [1.807, 2.05) is 6.07 Å². The van der Waals surface area contributed by atoms with Gasteiger partial charge in [0.25, 0.3) is 0 Å². The van der Waals surface area contributed by atoms with Gasteiger partial charge in [-0.15, -0.1) is 11.3 Å². The predicted octanol–water partition coefficient (Wildman–Crippen LogP) is 3.26. The number of alkyl halides is 3. The Bertz CT molecular complexity index is 770. The van der Waals surface area contributed by atoms with E-state index in [4.69, 9.17) is 0 Å². The van der Waals surface area contributed by atoms with E-state index in [2.05, 4.69) is 10.1 Å². The molecule has 2 N–H and O–H groups in total. The van der Waals surface area contributed by atoms with E-state index in [0.29, 0.717) is 18.4 Å². The SMILES string of the molecule is CCOC(=O)C(NC(=O)CC)(Nc1sc2c(c1C#N)CCCC2)C(F)(F)F. The lowest BCUT2D eigenvalue weighted by molar-refractivity contribution is -0.207. The third kappa shape index (κ3) is 4.03. The number of thiophene rings is 1. The van der Waals surface area contributed by atoms with Crippen LogP contribution in [0.15, 0.2) is 0 Å². The maximum atomic E-state index is 14.0. The molecule has 2 rings (SSSR count). The fourth-order valence-corrected chi connectivity index (χ4v) is 4.17. The lowest BCUT2D eigenvalue weighted by Crippen LogP contribution is -2.69. The molecule has 148 valence electrons. The number of amides is 1. The molecular weight excluding hydrogens is 383 g/mol. The lowest BCUT2D eigenvalue weighted by atomic mass is 9.96. The van der Waals surface area contributed by atoms with E-state index in [1.54, 1.807) is 5.32 Å². The number of hydrogen-bond acceptors (Lipinski definition) is 6. The Morgan fingerprint density at radius 2 is 1.93 bits per heavy atom. The monoisotopic (exact) mass is 403 g/mol. The van der Waals surface area contributed by atoms with Crippen LogP contribution in [0.4, 0.5) is 18.2 Å². The number of nitrogens with zero attached hydrogens (tertiary/aromatic N) is 1. The van der Waals surface area contributed by atoms with Gasteiger partial charge in [-0.05, 0) is 38.2 Å². The molecule has 0 aromatic carbocycles. The summed E-state index contributed by atoms with van der Waals surface area (Å²) < 4.78 is 46.6. The zero-order valence-corrected chi connectivity index (χ0v) is 15.8. The van der Waals surface area contributed by atoms with Crippen LogP contribution in [0.25, 0.3) is 0 Å². The van der Waals surface area contributed by atoms with Crippen LogP contribution in [0.2, 0.25) is 0 Å². The lowest BCUT2D eigenvalue weighted by Gasteiger charge is -2.34. The Morgan fingerprint density at radius 3 is 2.48 bits per heavy atom. The van der Waals surface area contributed by atoms with Gasteiger partial charge in [-0.25, -0.2) is 4.79 Å². The summed E-state index contributed by atoms with van der Waals surface area (Å²) in [4.78, 5) is 24.9. The Morgan fingerprint density at radius 1 is 1.26 bits per heavy atom. The first-order valence-electron chi connectivity index (χ1n) is 8.57. The van der Waals surface area contributed by atoms with Crippen LogP contribution in [-0.2, 0) is 27.2 Å². The topological polar surface area (TPSA) is 91.2 Å². The molecular formula is C17H20F3N3O3S. The number of esters is 1. The first-order chi connectivity index (χ1) is 12.7. The second-order valence-electron chi connectivity index (χ2n) is 6.02. The molecule has 0 fully saturated rings. The molecule has 1 amide bonds. The van der Waals surface area contributed by atoms with Crippen molar-refractivity contribution in [2.24, 2.45) is 0 Å². The predicted molar refractivity (Wildman–Crippen MR) is 93.2 cm³/mol. The number of hydrogen-bond donors (Lipinski definition) is 2. The van der Waals surface area contributed by atoms with Gasteiger partial charge >= 0.3 is 17.8 Å². The number of ether oxygens (including phenoxy) is 1. The Labute approximate surface area is 158 Å². The molecule has 1 aliphatic carbocycles. The number of aryl methyl sites for hydroxylation is 1. The Kier molecular flexibility index (Phi) is 6.36. The van der Waals surface area contributed by atoms with Gasteiger partial charge in [0.15, 0.2) is 0 Å². The summed E-state index contributed by atoms with van der Waals surface area (Å²) in [5, 5.41) is 13.2. The van der Waals surface area contributed by atoms with Crippen molar-refractivity contribution >= 4 is 28.2 Å². The van der Waals surface area contributed by atoms with Gasteiger partial charge in [0, 0.05) is 11.3 Å². The first-order valence-corrected chi connectivity index (χ1v) is 9.39. The smallest absolute Gasteiger partial charge is 0.441 e. The number of rotatable bonds is 6. The highest BCUT2D eigenvalue weighted by molar-refractivity contribution is 7.16. The van der Waals surface area contributed by atoms with Gasteiger partial charge in [-0.2, -0.15) is 18.4 Å². The number of nitrogens with one attached hydrogen (secondary N) is 2. The van der Waals surface area contributed by atoms with Crippen molar-refractivity contribution < 1.29 is 27.5 Å². The van der Waals surface area contributed by atoms with Gasteiger partial charge in [0.1, 0.15) is 11.1 Å². The largest absolute Gasteiger partial charge is 0.463 e. The minimum absolute atomic E-state index is 0.0818. The summed E-state index contributed by atoms with van der Waals surface area (Å²) in [6, 6.07) is 1.93. The molecule has 1 unspecified atom stereocenters. The van der Waals surface area contributed by atoms with Crippen molar-refractivity contribution in [1.82, 2.24) is 5.32 Å². The minimum atomic E-state index is -5.19. The van der Waals surface area contributed by atoms with Crippen molar-refractivity contribution in [2.75, 3.05) is 11.9 Å². The fourth-order valence-electron chi connectivity index (χ4n) is 2.87. The van der Waals surface area contributed by atoms with Crippen LogP contribution in [0, 0.1) is 11.3 Å². The molecule has 0 saturated heterocycles. The van der Waals surface area contributed by atoms with Crippen molar-refractivity contribution in [2.45, 2.75) is 57.8 Å². The zero-order chi connectivity index (χ0) is 20.2. The summed E-state index contributed by atoms with van der Waals surface area (Å²) in [6.45, 7) is 2.43. The molecule has 6 nitrogen and oxygen atoms in total. The summed E-state index contributed by atoms with van der Waals surface area (Å²) in [7, 11) is 0. The molecule has 0 spiro atoms. The maximum absolute atomic E-state index is 14.0. The summed E-state index contributed by atoms with van der Waals surface area (Å²) in [6.07, 6.45) is -2.47. The van der Waals surface area contributed by atoms with Crippen LogP contribution >= 0.6 is 11.3 Å². The van der Waals surface area contributed by atoms with Crippen molar-refractivity contribution in [3.63, 3.8) is 0 Å². The van der Waals surface area contributed by atoms with Crippen molar-refractivity contribution in [3.05, 3.63) is 16.0 Å². The second kappa shape index (κ2) is 8.17. The molecule has 0 aliphatic heterocycles. The van der Waals surface area contributed by atoms with Gasteiger partial charge in [0.05, 0.1) is 12.2 Å². The number of carbonyl (C=O) groups is 2. The third-order valence-electron chi connectivity index (χ3n) is 4.24. The van der Waals surface area contributed by atoms with Crippen LogP contribution < -0.4 is 10.6 Å². The molecule has 1 aliphatic rings. The average molecular weight is 403 g/mol. The molecule has 0 radical (unpaired) electrons. The number of nitriles is 1. The van der Waals surface area contributed by atoms with E-state index in [9.17, 15) is 28.0 Å². The number of anilines is 1. The molecule has 1 heterocycles. The van der Waals surface area contributed by atoms with Gasteiger partial charge in [-0.3, -0.25) is 4.79 Å². The number of fused-ring (bicyclic) bond motifs is 1. The molecule has 0 saturated carbocycles. The van der Waals surface area contributed by atoms with Crippen molar-refractivity contribution in [3.8, 4) is 6.07 Å². The molecule has 10 heteroatoms. The van der Waals surface area contributed by atoms with Crippen molar-refractivity contribution in [1.29, 1.82) is 5.26 Å². The molecule has 1 aromatic rings.